The quantitative estimate of drug-likeness (QED) is 0.101. The third kappa shape index (κ3) is 6.20. The zero-order valence-corrected chi connectivity index (χ0v) is 37.3. The summed E-state index contributed by atoms with van der Waals surface area (Å²) in [5.74, 6) is 0.534. The summed E-state index contributed by atoms with van der Waals surface area (Å²) in [4.78, 5) is 9.66. The first-order chi connectivity index (χ1) is 25.6. The molecule has 3 nitrogen and oxygen atoms in total. The summed E-state index contributed by atoms with van der Waals surface area (Å²) in [6.07, 6.45) is 4.11. The second-order valence-electron chi connectivity index (χ2n) is 17.6. The van der Waals surface area contributed by atoms with Crippen LogP contribution in [0, 0.1) is 26.0 Å². The van der Waals surface area contributed by atoms with Gasteiger partial charge >= 0.3 is 0 Å². The van der Waals surface area contributed by atoms with Crippen LogP contribution in [0.4, 0.5) is 0 Å². The molecule has 0 amide bonds. The van der Waals surface area contributed by atoms with E-state index in [2.05, 4.69) is 159 Å². The van der Waals surface area contributed by atoms with Gasteiger partial charge in [0.15, 0.2) is 0 Å². The molecule has 1 aliphatic carbocycles. The van der Waals surface area contributed by atoms with Crippen LogP contribution in [0.3, 0.4) is 0 Å². The average molecular weight is 915 g/mol. The number of rotatable bonds is 3. The molecule has 3 heterocycles. The van der Waals surface area contributed by atoms with E-state index in [9.17, 15) is 0 Å². The van der Waals surface area contributed by atoms with Gasteiger partial charge in [0.05, 0.1) is 13.7 Å². The van der Waals surface area contributed by atoms with Crippen molar-refractivity contribution in [2.75, 3.05) is 0 Å². The maximum Gasteiger partial charge on any atom is 0.121 e. The van der Waals surface area contributed by atoms with Crippen molar-refractivity contribution >= 4 is 56.7 Å². The number of hydrogen-bond acceptors (Lipinski definition) is 3. The fourth-order valence-corrected chi connectivity index (χ4v) is 10.4. The summed E-state index contributed by atoms with van der Waals surface area (Å²) in [5, 5.41) is 8.91. The van der Waals surface area contributed by atoms with Gasteiger partial charge in [-0.1, -0.05) is 132 Å². The zero-order valence-electron chi connectivity index (χ0n) is 34.0. The minimum atomic E-state index is -1.34. The third-order valence-corrected chi connectivity index (χ3v) is 14.5. The fraction of sp³-hybridized carbons (Fsp3) is 0.280. The van der Waals surface area contributed by atoms with Crippen molar-refractivity contribution in [3.63, 3.8) is 0 Å². The Morgan fingerprint density at radius 3 is 2.13 bits per heavy atom. The van der Waals surface area contributed by atoms with Crippen LogP contribution in [0.15, 0.2) is 102 Å². The topological polar surface area (TPSA) is 38.9 Å². The van der Waals surface area contributed by atoms with Crippen molar-refractivity contribution in [2.24, 2.45) is 0 Å². The minimum absolute atomic E-state index is 0. The van der Waals surface area contributed by atoms with Crippen molar-refractivity contribution in [1.29, 1.82) is 0 Å². The Bertz CT molecular complexity index is 2750. The standard InChI is InChI=1S/C33H28NO.C17H22NSi.Ir/c1-18-17-34-31-24-14-16-26-28(30(24)33(5,6)32(3,4)29(31)19(18)2)27-23-12-11-20-9-7-8-10-21(20)22(23)13-15-25(27)35-26;1-13(2)15-11-16(14-9-7-6-8-10-14)18-12-17(15)19(3,4)5;/h7-13,15-17H,1-6H3;6-9,11-13H,1-5H3;/q2*-1;. The molecule has 9 rings (SSSR count). The second kappa shape index (κ2) is 14.0. The van der Waals surface area contributed by atoms with E-state index in [-0.39, 0.29) is 30.9 Å². The molecule has 3 aromatic heterocycles. The van der Waals surface area contributed by atoms with Crippen LogP contribution in [0.1, 0.15) is 75.3 Å². The van der Waals surface area contributed by atoms with Gasteiger partial charge in [-0.25, -0.2) is 0 Å². The van der Waals surface area contributed by atoms with Crippen LogP contribution in [0.25, 0.3) is 66.0 Å². The molecule has 55 heavy (non-hydrogen) atoms. The maximum absolute atomic E-state index is 6.48. The van der Waals surface area contributed by atoms with Gasteiger partial charge < -0.3 is 14.4 Å². The first-order valence-electron chi connectivity index (χ1n) is 19.3. The molecule has 0 N–H and O–H groups in total. The van der Waals surface area contributed by atoms with Gasteiger partial charge in [0.25, 0.3) is 0 Å². The van der Waals surface area contributed by atoms with E-state index in [1.807, 2.05) is 30.5 Å². The van der Waals surface area contributed by atoms with Crippen molar-refractivity contribution < 1.29 is 24.5 Å². The number of aromatic nitrogens is 2. The van der Waals surface area contributed by atoms with E-state index in [1.54, 1.807) is 0 Å². The van der Waals surface area contributed by atoms with Crippen LogP contribution >= 0.6 is 0 Å². The summed E-state index contributed by atoms with van der Waals surface area (Å²) in [6.45, 7) is 25.6. The predicted molar refractivity (Wildman–Crippen MR) is 232 cm³/mol. The molecule has 0 unspecified atom stereocenters. The van der Waals surface area contributed by atoms with E-state index >= 15 is 0 Å². The molecule has 0 saturated heterocycles. The van der Waals surface area contributed by atoms with Gasteiger partial charge in [-0.05, 0) is 80.3 Å². The molecule has 0 aliphatic heterocycles. The third-order valence-electron chi connectivity index (χ3n) is 12.4. The number of furan rings is 1. The van der Waals surface area contributed by atoms with Crippen molar-refractivity contribution in [3.05, 3.63) is 137 Å². The molecule has 0 atom stereocenters. The number of pyridine rings is 2. The molecule has 0 spiro atoms. The van der Waals surface area contributed by atoms with Crippen molar-refractivity contribution in [2.45, 2.75) is 91.8 Å². The molecule has 0 bridgehead atoms. The summed E-state index contributed by atoms with van der Waals surface area (Å²) in [5.41, 5.74) is 12.5. The Balaban J connectivity index is 0.000000199. The molecule has 8 aromatic rings. The Hall–Kier alpha value is -4.41. The Kier molecular flexibility index (Phi) is 9.86. The number of hydrogen-bond donors (Lipinski definition) is 0. The van der Waals surface area contributed by atoms with Crippen molar-refractivity contribution in [1.82, 2.24) is 9.97 Å². The van der Waals surface area contributed by atoms with Crippen LogP contribution in [-0.2, 0) is 30.9 Å². The van der Waals surface area contributed by atoms with Gasteiger partial charge in [0, 0.05) is 37.9 Å². The Morgan fingerprint density at radius 2 is 1.42 bits per heavy atom. The van der Waals surface area contributed by atoms with Gasteiger partial charge in [-0.2, -0.15) is 0 Å². The van der Waals surface area contributed by atoms with E-state index in [1.165, 1.54) is 65.3 Å². The summed E-state index contributed by atoms with van der Waals surface area (Å²) < 4.78 is 6.48. The first kappa shape index (κ1) is 38.8. The van der Waals surface area contributed by atoms with Gasteiger partial charge in [0.2, 0.25) is 0 Å². The first-order valence-corrected chi connectivity index (χ1v) is 22.8. The average Bonchev–Trinajstić information content (AvgIpc) is 3.54. The summed E-state index contributed by atoms with van der Waals surface area (Å²) >= 11 is 0. The Morgan fingerprint density at radius 1 is 0.709 bits per heavy atom. The normalized spacial score (nSPS) is 14.4. The van der Waals surface area contributed by atoms with E-state index in [4.69, 9.17) is 9.40 Å². The molecule has 1 aliphatic rings. The molecule has 1 radical (unpaired) electrons. The summed E-state index contributed by atoms with van der Waals surface area (Å²) in [6, 6.07) is 36.6. The molecule has 0 saturated carbocycles. The van der Waals surface area contributed by atoms with Gasteiger partial charge in [-0.15, -0.1) is 59.2 Å². The second-order valence-corrected chi connectivity index (χ2v) is 22.6. The fourth-order valence-electron chi connectivity index (χ4n) is 8.75. The van der Waals surface area contributed by atoms with Gasteiger partial charge in [-0.3, -0.25) is 0 Å². The molecule has 281 valence electrons. The molecular formula is C50H50IrN2OSi-2. The number of fused-ring (bicyclic) bond motifs is 11. The van der Waals surface area contributed by atoms with Gasteiger partial charge in [0.1, 0.15) is 5.58 Å². The largest absolute Gasteiger partial charge is 0.500 e. The van der Waals surface area contributed by atoms with E-state index in [0.717, 1.165) is 33.7 Å². The molecule has 5 heteroatoms. The maximum atomic E-state index is 6.48. The Labute approximate surface area is 341 Å². The molecule has 5 aromatic carbocycles. The number of benzene rings is 5. The SMILES string of the molecule is CC(C)c1cc(-c2[c-]cccc2)ncc1[Si](C)(C)C.Cc1cnc2c(c1C)C(C)(C)C(C)(C)c1c-2[c-]cc2oc3ccc4c5ccccc5ccc4c3c12.[Ir]. The van der Waals surface area contributed by atoms with Crippen LogP contribution in [0.5, 0.6) is 0 Å². The predicted octanol–water partition coefficient (Wildman–Crippen LogP) is 13.2. The molecule has 0 fully saturated rings. The molecular weight excluding hydrogens is 865 g/mol. The van der Waals surface area contributed by atoms with E-state index in [0.29, 0.717) is 5.92 Å². The van der Waals surface area contributed by atoms with Crippen molar-refractivity contribution in [3.8, 4) is 22.5 Å². The smallest absolute Gasteiger partial charge is 0.121 e. The van der Waals surface area contributed by atoms with Crippen LogP contribution in [-0.4, -0.2) is 18.0 Å². The van der Waals surface area contributed by atoms with E-state index < -0.39 is 8.07 Å². The summed E-state index contributed by atoms with van der Waals surface area (Å²) in [7, 11) is -1.34. The number of aryl methyl sites for hydroxylation is 1. The van der Waals surface area contributed by atoms with Crippen LogP contribution < -0.4 is 5.19 Å². The zero-order chi connectivity index (χ0) is 38.3. The number of nitrogens with zero attached hydrogens (tertiary/aromatic N) is 2. The van der Waals surface area contributed by atoms with Crippen LogP contribution in [0.2, 0.25) is 19.6 Å². The monoisotopic (exact) mass is 915 g/mol. The minimum Gasteiger partial charge on any atom is -0.500 e.